The maximum absolute atomic E-state index is 14.1. The van der Waals surface area contributed by atoms with Crippen molar-refractivity contribution >= 4 is 17.3 Å². The molecule has 4 rings (SSSR count). The van der Waals surface area contributed by atoms with E-state index < -0.39 is 11.4 Å². The number of fused-ring (bicyclic) bond motifs is 1. The summed E-state index contributed by atoms with van der Waals surface area (Å²) in [6.45, 7) is 10.4. The Morgan fingerprint density at radius 3 is 2.40 bits per heavy atom. The lowest BCUT2D eigenvalue weighted by molar-refractivity contribution is 0.0270. The van der Waals surface area contributed by atoms with E-state index >= 15 is 0 Å². The molecular weight excluding hydrogens is 449 g/mol. The van der Waals surface area contributed by atoms with Gasteiger partial charge in [0.25, 0.3) is 5.56 Å². The standard InChI is InChI=1S/C25H26FN3O4.C2H6/c1-25(2,3)33-24(31)28-11-9-16(10-12-28)20-14-23(30)29-15-18(6-8-22(29)27-20)17-5-7-21(32-4)19(26)13-17;1-2/h5-9,13-15H,10-12H2,1-4H3;1-2H3. The van der Waals surface area contributed by atoms with Crippen molar-refractivity contribution in [1.29, 1.82) is 0 Å². The third kappa shape index (κ3) is 6.07. The molecule has 1 aliphatic heterocycles. The molecule has 0 bridgehead atoms. The number of nitrogens with zero attached hydrogens (tertiary/aromatic N) is 3. The van der Waals surface area contributed by atoms with Gasteiger partial charge in [-0.3, -0.25) is 9.20 Å². The van der Waals surface area contributed by atoms with E-state index in [9.17, 15) is 14.0 Å². The van der Waals surface area contributed by atoms with Crippen molar-refractivity contribution in [2.45, 2.75) is 46.6 Å². The van der Waals surface area contributed by atoms with Crippen LogP contribution in [0.2, 0.25) is 0 Å². The van der Waals surface area contributed by atoms with E-state index in [-0.39, 0.29) is 17.4 Å². The molecule has 1 amide bonds. The van der Waals surface area contributed by atoms with Crippen LogP contribution in [0.5, 0.6) is 5.75 Å². The Labute approximate surface area is 204 Å². The minimum absolute atomic E-state index is 0.161. The van der Waals surface area contributed by atoms with Gasteiger partial charge in [-0.1, -0.05) is 26.0 Å². The molecule has 0 fully saturated rings. The Kier molecular flexibility index (Phi) is 7.94. The van der Waals surface area contributed by atoms with Gasteiger partial charge < -0.3 is 14.4 Å². The monoisotopic (exact) mass is 481 g/mol. The first-order valence-electron chi connectivity index (χ1n) is 11.7. The predicted molar refractivity (Wildman–Crippen MR) is 135 cm³/mol. The molecule has 1 aliphatic rings. The fraction of sp³-hybridized carbons (Fsp3) is 0.370. The number of aromatic nitrogens is 2. The van der Waals surface area contributed by atoms with Crippen molar-refractivity contribution in [3.8, 4) is 16.9 Å². The maximum Gasteiger partial charge on any atom is 0.410 e. The first-order valence-corrected chi connectivity index (χ1v) is 11.7. The molecule has 1 aromatic carbocycles. The van der Waals surface area contributed by atoms with Crippen LogP contribution in [0.4, 0.5) is 9.18 Å². The minimum Gasteiger partial charge on any atom is -0.494 e. The Balaban J connectivity index is 0.00000167. The lowest BCUT2D eigenvalue weighted by atomic mass is 10.0. The van der Waals surface area contributed by atoms with Crippen LogP contribution in [-0.2, 0) is 4.74 Å². The molecule has 2 aromatic heterocycles. The number of amides is 1. The van der Waals surface area contributed by atoms with E-state index in [1.165, 1.54) is 23.6 Å². The predicted octanol–water partition coefficient (Wildman–Crippen LogP) is 5.56. The highest BCUT2D eigenvalue weighted by Crippen LogP contribution is 2.26. The van der Waals surface area contributed by atoms with Gasteiger partial charge in [0.1, 0.15) is 11.2 Å². The number of rotatable bonds is 3. The number of halogens is 1. The summed E-state index contributed by atoms with van der Waals surface area (Å²) in [7, 11) is 1.41. The third-order valence-electron chi connectivity index (χ3n) is 5.33. The topological polar surface area (TPSA) is 73.1 Å². The highest BCUT2D eigenvalue weighted by atomic mass is 19.1. The lowest BCUT2D eigenvalue weighted by Gasteiger charge is -2.29. The van der Waals surface area contributed by atoms with Crippen LogP contribution in [0.25, 0.3) is 22.3 Å². The summed E-state index contributed by atoms with van der Waals surface area (Å²) in [5.41, 5.74) is 2.52. The molecule has 8 heteroatoms. The fourth-order valence-electron chi connectivity index (χ4n) is 3.68. The number of pyridine rings is 1. The molecular formula is C27H32FN3O4. The van der Waals surface area contributed by atoms with Crippen LogP contribution in [0.3, 0.4) is 0 Å². The Morgan fingerprint density at radius 1 is 1.09 bits per heavy atom. The Morgan fingerprint density at radius 2 is 1.80 bits per heavy atom. The van der Waals surface area contributed by atoms with Crippen molar-refractivity contribution in [2.75, 3.05) is 20.2 Å². The van der Waals surface area contributed by atoms with Crippen molar-refractivity contribution < 1.29 is 18.7 Å². The van der Waals surface area contributed by atoms with Crippen LogP contribution >= 0.6 is 0 Å². The first-order chi connectivity index (χ1) is 16.6. The second-order valence-electron chi connectivity index (χ2n) is 8.88. The summed E-state index contributed by atoms with van der Waals surface area (Å²) in [6, 6.07) is 9.68. The number of benzene rings is 1. The molecule has 0 spiro atoms. The molecule has 3 heterocycles. The SMILES string of the molecule is CC.COc1ccc(-c2ccc3nc(C4=CCN(C(=O)OC(C)(C)C)CC4)cc(=O)n3c2)cc1F. The molecule has 0 unspecified atom stereocenters. The molecule has 3 aromatic rings. The lowest BCUT2D eigenvalue weighted by Crippen LogP contribution is -2.39. The summed E-state index contributed by atoms with van der Waals surface area (Å²) >= 11 is 0. The van der Waals surface area contributed by atoms with Gasteiger partial charge >= 0.3 is 6.09 Å². The molecule has 0 N–H and O–H groups in total. The average Bonchev–Trinajstić information content (AvgIpc) is 2.84. The summed E-state index contributed by atoms with van der Waals surface area (Å²) in [6.07, 6.45) is 3.77. The largest absolute Gasteiger partial charge is 0.494 e. The number of carbonyl (C=O) groups excluding carboxylic acids is 1. The molecule has 7 nitrogen and oxygen atoms in total. The summed E-state index contributed by atoms with van der Waals surface area (Å²) in [5, 5.41) is 0. The summed E-state index contributed by atoms with van der Waals surface area (Å²) in [4.78, 5) is 31.4. The number of methoxy groups -OCH3 is 1. The third-order valence-corrected chi connectivity index (χ3v) is 5.33. The maximum atomic E-state index is 14.1. The molecule has 0 saturated heterocycles. The van der Waals surface area contributed by atoms with Crippen molar-refractivity contribution in [2.24, 2.45) is 0 Å². The van der Waals surface area contributed by atoms with Crippen molar-refractivity contribution in [3.05, 3.63) is 70.5 Å². The summed E-state index contributed by atoms with van der Waals surface area (Å²) < 4.78 is 25.9. The van der Waals surface area contributed by atoms with Crippen molar-refractivity contribution in [1.82, 2.24) is 14.3 Å². The van der Waals surface area contributed by atoms with Gasteiger partial charge in [0.05, 0.1) is 12.8 Å². The highest BCUT2D eigenvalue weighted by Gasteiger charge is 2.24. The minimum atomic E-state index is -0.550. The number of hydrogen-bond acceptors (Lipinski definition) is 5. The second kappa shape index (κ2) is 10.7. The zero-order valence-corrected chi connectivity index (χ0v) is 21.1. The molecule has 0 radical (unpaired) electrons. The molecule has 0 atom stereocenters. The first kappa shape index (κ1) is 25.9. The van der Waals surface area contributed by atoms with Gasteiger partial charge in [-0.2, -0.15) is 0 Å². The molecule has 0 aliphatic carbocycles. The van der Waals surface area contributed by atoms with Gasteiger partial charge in [-0.25, -0.2) is 14.2 Å². The highest BCUT2D eigenvalue weighted by molar-refractivity contribution is 5.72. The van der Waals surface area contributed by atoms with Crippen LogP contribution in [0.15, 0.2) is 53.5 Å². The molecule has 186 valence electrons. The van der Waals surface area contributed by atoms with Crippen molar-refractivity contribution in [3.63, 3.8) is 0 Å². The van der Waals surface area contributed by atoms with E-state index in [0.717, 1.165) is 5.57 Å². The average molecular weight is 482 g/mol. The van der Waals surface area contributed by atoms with Crippen LogP contribution in [-0.4, -0.2) is 46.2 Å². The smallest absolute Gasteiger partial charge is 0.410 e. The quantitative estimate of drug-likeness (QED) is 0.490. The Hall–Kier alpha value is -3.68. The van der Waals surface area contributed by atoms with Gasteiger partial charge in [-0.15, -0.1) is 0 Å². The molecule has 0 saturated carbocycles. The number of hydrogen-bond donors (Lipinski definition) is 0. The summed E-state index contributed by atoms with van der Waals surface area (Å²) in [5.74, 6) is -0.311. The Bertz CT molecular complexity index is 1310. The second-order valence-corrected chi connectivity index (χ2v) is 8.88. The van der Waals surface area contributed by atoms with Crippen LogP contribution < -0.4 is 10.3 Å². The number of ether oxygens (including phenoxy) is 2. The van der Waals surface area contributed by atoms with Gasteiger partial charge in [0, 0.05) is 25.4 Å². The van der Waals surface area contributed by atoms with Crippen LogP contribution in [0, 0.1) is 5.82 Å². The van der Waals surface area contributed by atoms with E-state index in [0.29, 0.717) is 42.0 Å². The zero-order valence-electron chi connectivity index (χ0n) is 21.1. The fourth-order valence-corrected chi connectivity index (χ4v) is 3.68. The van der Waals surface area contributed by atoms with Gasteiger partial charge in [-0.05, 0) is 68.2 Å². The number of carbonyl (C=O) groups is 1. The van der Waals surface area contributed by atoms with E-state index in [2.05, 4.69) is 4.98 Å². The normalized spacial score (nSPS) is 13.6. The van der Waals surface area contributed by atoms with E-state index in [1.54, 1.807) is 35.4 Å². The van der Waals surface area contributed by atoms with Crippen LogP contribution in [0.1, 0.15) is 46.7 Å². The van der Waals surface area contributed by atoms with E-state index in [4.69, 9.17) is 9.47 Å². The molecule has 35 heavy (non-hydrogen) atoms. The zero-order chi connectivity index (χ0) is 25.8. The van der Waals surface area contributed by atoms with Gasteiger partial charge in [0.2, 0.25) is 0 Å². The van der Waals surface area contributed by atoms with Gasteiger partial charge in [0.15, 0.2) is 11.6 Å². The van der Waals surface area contributed by atoms with E-state index in [1.807, 2.05) is 40.7 Å².